The highest BCUT2D eigenvalue weighted by atomic mass is 16.2. The Balaban J connectivity index is 2.38. The molecule has 0 aromatic rings. The lowest BCUT2D eigenvalue weighted by Crippen LogP contribution is -2.35. The molecule has 1 rings (SSSR count). The van der Waals surface area contributed by atoms with Crippen molar-refractivity contribution in [3.8, 4) is 0 Å². The number of carbonyl (C=O) groups excluding carboxylic acids is 1. The standard InChI is InChI=1S/C16H32N2O/c1-13(2)17-10-8-15(19)18-11-6-7-14(9-12-18)16(3,4)5/h13-14,17H,6-12H2,1-5H3. The molecule has 1 atom stereocenters. The summed E-state index contributed by atoms with van der Waals surface area (Å²) in [7, 11) is 0. The number of hydrogen-bond donors (Lipinski definition) is 1. The van der Waals surface area contributed by atoms with Gasteiger partial charge in [-0.25, -0.2) is 0 Å². The lowest BCUT2D eigenvalue weighted by atomic mass is 9.77. The number of carbonyl (C=O) groups is 1. The van der Waals surface area contributed by atoms with Gasteiger partial charge in [0, 0.05) is 32.1 Å². The van der Waals surface area contributed by atoms with E-state index in [1.54, 1.807) is 0 Å². The molecule has 0 bridgehead atoms. The predicted octanol–water partition coefficient (Wildman–Crippen LogP) is 3.05. The van der Waals surface area contributed by atoms with Gasteiger partial charge in [0.25, 0.3) is 0 Å². The summed E-state index contributed by atoms with van der Waals surface area (Å²) < 4.78 is 0. The van der Waals surface area contributed by atoms with Crippen molar-refractivity contribution in [2.75, 3.05) is 19.6 Å². The second kappa shape index (κ2) is 7.28. The zero-order valence-corrected chi connectivity index (χ0v) is 13.5. The first-order valence-electron chi connectivity index (χ1n) is 7.82. The summed E-state index contributed by atoms with van der Waals surface area (Å²) in [5.74, 6) is 1.07. The summed E-state index contributed by atoms with van der Waals surface area (Å²) in [6, 6.07) is 0.460. The van der Waals surface area contributed by atoms with E-state index in [0.717, 1.165) is 38.4 Å². The molecule has 0 aromatic carbocycles. The third-order valence-electron chi connectivity index (χ3n) is 4.20. The van der Waals surface area contributed by atoms with E-state index in [9.17, 15) is 4.79 Å². The Morgan fingerprint density at radius 1 is 1.26 bits per heavy atom. The van der Waals surface area contributed by atoms with Gasteiger partial charge in [-0.3, -0.25) is 4.79 Å². The van der Waals surface area contributed by atoms with Crippen LogP contribution in [0.5, 0.6) is 0 Å². The highest BCUT2D eigenvalue weighted by Crippen LogP contribution is 2.34. The van der Waals surface area contributed by atoms with Gasteiger partial charge < -0.3 is 10.2 Å². The van der Waals surface area contributed by atoms with Gasteiger partial charge in [-0.1, -0.05) is 34.6 Å². The van der Waals surface area contributed by atoms with E-state index >= 15 is 0 Å². The van der Waals surface area contributed by atoms with Crippen LogP contribution in [0.1, 0.15) is 60.3 Å². The number of amides is 1. The SMILES string of the molecule is CC(C)NCCC(=O)N1CCCC(C(C)(C)C)CC1. The van der Waals surface area contributed by atoms with E-state index < -0.39 is 0 Å². The minimum Gasteiger partial charge on any atom is -0.343 e. The fraction of sp³-hybridized carbons (Fsp3) is 0.938. The Bertz CT molecular complexity index is 281. The molecule has 1 fully saturated rings. The highest BCUT2D eigenvalue weighted by molar-refractivity contribution is 5.76. The minimum absolute atomic E-state index is 0.322. The molecule has 112 valence electrons. The smallest absolute Gasteiger partial charge is 0.223 e. The number of nitrogens with one attached hydrogen (secondary N) is 1. The molecule has 1 amide bonds. The summed E-state index contributed by atoms with van der Waals surface area (Å²) in [4.78, 5) is 14.3. The lowest BCUT2D eigenvalue weighted by Gasteiger charge is -2.29. The van der Waals surface area contributed by atoms with Crippen molar-refractivity contribution in [3.63, 3.8) is 0 Å². The quantitative estimate of drug-likeness (QED) is 0.850. The molecule has 1 heterocycles. The summed E-state index contributed by atoms with van der Waals surface area (Å²) >= 11 is 0. The Kier molecular flexibility index (Phi) is 6.31. The first-order chi connectivity index (χ1) is 8.80. The summed E-state index contributed by atoms with van der Waals surface area (Å²) in [6.45, 7) is 13.9. The van der Waals surface area contributed by atoms with Gasteiger partial charge in [0.05, 0.1) is 0 Å². The Labute approximate surface area is 119 Å². The highest BCUT2D eigenvalue weighted by Gasteiger charge is 2.28. The number of rotatable bonds is 4. The summed E-state index contributed by atoms with van der Waals surface area (Å²) in [5.41, 5.74) is 0.373. The molecular weight excluding hydrogens is 236 g/mol. The molecule has 0 radical (unpaired) electrons. The molecule has 1 saturated heterocycles. The molecule has 0 saturated carbocycles. The van der Waals surface area contributed by atoms with Gasteiger partial charge in [-0.05, 0) is 30.6 Å². The Morgan fingerprint density at radius 3 is 2.53 bits per heavy atom. The molecule has 1 aliphatic rings. The van der Waals surface area contributed by atoms with Gasteiger partial charge in [0.1, 0.15) is 0 Å². The molecule has 3 heteroatoms. The van der Waals surface area contributed by atoms with Crippen LogP contribution < -0.4 is 5.32 Å². The zero-order chi connectivity index (χ0) is 14.5. The number of nitrogens with zero attached hydrogens (tertiary/aromatic N) is 1. The Hall–Kier alpha value is -0.570. The van der Waals surface area contributed by atoms with Crippen molar-refractivity contribution in [1.82, 2.24) is 10.2 Å². The van der Waals surface area contributed by atoms with Gasteiger partial charge in [-0.15, -0.1) is 0 Å². The van der Waals surface area contributed by atoms with Crippen LogP contribution in [0.15, 0.2) is 0 Å². The maximum Gasteiger partial charge on any atom is 0.223 e. The summed E-state index contributed by atoms with van der Waals surface area (Å²) in [6.07, 6.45) is 4.22. The molecule has 0 aromatic heterocycles. The molecular formula is C16H32N2O. The average molecular weight is 268 g/mol. The van der Waals surface area contributed by atoms with Crippen molar-refractivity contribution in [3.05, 3.63) is 0 Å². The first kappa shape index (κ1) is 16.5. The van der Waals surface area contributed by atoms with E-state index in [1.807, 2.05) is 0 Å². The van der Waals surface area contributed by atoms with Crippen LogP contribution in [-0.2, 0) is 4.79 Å². The molecule has 0 aliphatic carbocycles. The fourth-order valence-corrected chi connectivity index (χ4v) is 2.84. The van der Waals surface area contributed by atoms with Crippen LogP contribution in [0, 0.1) is 11.3 Å². The number of hydrogen-bond acceptors (Lipinski definition) is 2. The van der Waals surface area contributed by atoms with Crippen molar-refractivity contribution in [2.45, 2.75) is 66.3 Å². The van der Waals surface area contributed by atoms with E-state index in [-0.39, 0.29) is 0 Å². The molecule has 1 N–H and O–H groups in total. The van der Waals surface area contributed by atoms with Crippen LogP contribution >= 0.6 is 0 Å². The number of likely N-dealkylation sites (tertiary alicyclic amines) is 1. The second-order valence-corrected chi connectivity index (χ2v) is 7.23. The van der Waals surface area contributed by atoms with Crippen molar-refractivity contribution >= 4 is 5.91 Å². The van der Waals surface area contributed by atoms with Gasteiger partial charge in [0.2, 0.25) is 5.91 Å². The zero-order valence-electron chi connectivity index (χ0n) is 13.5. The van der Waals surface area contributed by atoms with Crippen LogP contribution in [0.3, 0.4) is 0 Å². The first-order valence-corrected chi connectivity index (χ1v) is 7.82. The molecule has 1 aliphatic heterocycles. The van der Waals surface area contributed by atoms with E-state index in [4.69, 9.17) is 0 Å². The van der Waals surface area contributed by atoms with Crippen LogP contribution in [-0.4, -0.2) is 36.5 Å². The van der Waals surface area contributed by atoms with Crippen molar-refractivity contribution < 1.29 is 4.79 Å². The monoisotopic (exact) mass is 268 g/mol. The average Bonchev–Trinajstić information content (AvgIpc) is 2.52. The largest absolute Gasteiger partial charge is 0.343 e. The molecule has 3 nitrogen and oxygen atoms in total. The maximum atomic E-state index is 12.2. The van der Waals surface area contributed by atoms with Crippen LogP contribution in [0.2, 0.25) is 0 Å². The fourth-order valence-electron chi connectivity index (χ4n) is 2.84. The van der Waals surface area contributed by atoms with Crippen LogP contribution in [0.4, 0.5) is 0 Å². The predicted molar refractivity (Wildman–Crippen MR) is 81.1 cm³/mol. The molecule has 0 spiro atoms. The third-order valence-corrected chi connectivity index (χ3v) is 4.20. The van der Waals surface area contributed by atoms with E-state index in [1.165, 1.54) is 6.42 Å². The van der Waals surface area contributed by atoms with Gasteiger partial charge >= 0.3 is 0 Å². The topological polar surface area (TPSA) is 32.3 Å². The molecule has 19 heavy (non-hydrogen) atoms. The normalized spacial score (nSPS) is 21.6. The third kappa shape index (κ3) is 5.94. The Morgan fingerprint density at radius 2 is 1.95 bits per heavy atom. The molecule has 1 unspecified atom stereocenters. The van der Waals surface area contributed by atoms with E-state index in [0.29, 0.717) is 23.8 Å². The summed E-state index contributed by atoms with van der Waals surface area (Å²) in [5, 5.41) is 3.32. The van der Waals surface area contributed by atoms with Gasteiger partial charge in [-0.2, -0.15) is 0 Å². The van der Waals surface area contributed by atoms with Crippen molar-refractivity contribution in [2.24, 2.45) is 11.3 Å². The van der Waals surface area contributed by atoms with E-state index in [2.05, 4.69) is 44.8 Å². The lowest BCUT2D eigenvalue weighted by molar-refractivity contribution is -0.131. The van der Waals surface area contributed by atoms with Gasteiger partial charge in [0.15, 0.2) is 0 Å². The minimum atomic E-state index is 0.322. The maximum absolute atomic E-state index is 12.2. The second-order valence-electron chi connectivity index (χ2n) is 7.23. The van der Waals surface area contributed by atoms with Crippen LogP contribution in [0.25, 0.3) is 0 Å². The van der Waals surface area contributed by atoms with Crippen molar-refractivity contribution in [1.29, 1.82) is 0 Å².